The van der Waals surface area contributed by atoms with Crippen LogP contribution in [0.15, 0.2) is 73.1 Å². The van der Waals surface area contributed by atoms with Crippen molar-refractivity contribution in [1.29, 1.82) is 0 Å². The topological polar surface area (TPSA) is 59.3 Å². The molecule has 0 radical (unpaired) electrons. The zero-order chi connectivity index (χ0) is 19.5. The molecule has 0 aliphatic carbocycles. The molecule has 6 heteroatoms. The van der Waals surface area contributed by atoms with Gasteiger partial charge in [0.25, 0.3) is 0 Å². The van der Waals surface area contributed by atoms with Crippen molar-refractivity contribution in [3.63, 3.8) is 0 Å². The molecule has 2 aromatic carbocycles. The first-order valence-electron chi connectivity index (χ1n) is 8.75. The van der Waals surface area contributed by atoms with Gasteiger partial charge in [0.15, 0.2) is 0 Å². The molecule has 0 saturated carbocycles. The minimum atomic E-state index is -0.208. The number of nitrogens with zero attached hydrogens (tertiary/aromatic N) is 3. The number of fused-ring (bicyclic) bond motifs is 1. The second kappa shape index (κ2) is 7.66. The molecule has 1 N–H and O–H groups in total. The number of benzene rings is 2. The molecule has 4 aromatic rings. The molecule has 0 fully saturated rings. The van der Waals surface area contributed by atoms with Crippen LogP contribution in [0.25, 0.3) is 23.1 Å². The van der Waals surface area contributed by atoms with Gasteiger partial charge in [-0.25, -0.2) is 9.97 Å². The van der Waals surface area contributed by atoms with Crippen molar-refractivity contribution in [3.05, 3.63) is 89.3 Å². The van der Waals surface area contributed by atoms with Crippen LogP contribution in [0.5, 0.6) is 0 Å². The van der Waals surface area contributed by atoms with Crippen molar-refractivity contribution in [2.24, 2.45) is 0 Å². The molecule has 4 rings (SSSR count). The van der Waals surface area contributed by atoms with Gasteiger partial charge in [-0.05, 0) is 48.9 Å². The van der Waals surface area contributed by atoms with E-state index in [1.807, 2.05) is 60.0 Å². The Balaban J connectivity index is 1.54. The molecule has 0 spiro atoms. The maximum Gasteiger partial charge on any atom is 0.248 e. The van der Waals surface area contributed by atoms with Crippen molar-refractivity contribution in [1.82, 2.24) is 14.4 Å². The van der Waals surface area contributed by atoms with Crippen molar-refractivity contribution in [3.8, 4) is 11.3 Å². The number of imidazole rings is 1. The largest absolute Gasteiger partial charge is 0.322 e. The summed E-state index contributed by atoms with van der Waals surface area (Å²) in [6.07, 6.45) is 6.89. The molecule has 138 valence electrons. The molecule has 0 aliphatic heterocycles. The van der Waals surface area contributed by atoms with Crippen LogP contribution in [0.4, 0.5) is 5.69 Å². The third-order valence-corrected chi connectivity index (χ3v) is 4.60. The van der Waals surface area contributed by atoms with Crippen LogP contribution in [0.2, 0.25) is 5.02 Å². The van der Waals surface area contributed by atoms with Gasteiger partial charge in [-0.3, -0.25) is 9.20 Å². The SMILES string of the molecule is Cc1c(-c2cccc(NC(=O)/C=C/c3ccc(Cl)cc3)c2)nc2ncccn12. The molecule has 0 atom stereocenters. The lowest BCUT2D eigenvalue weighted by Crippen LogP contribution is -2.07. The Kier molecular flexibility index (Phi) is 4.91. The van der Waals surface area contributed by atoms with Crippen LogP contribution in [-0.2, 0) is 4.79 Å². The summed E-state index contributed by atoms with van der Waals surface area (Å²) in [4.78, 5) is 21.1. The number of rotatable bonds is 4. The van der Waals surface area contributed by atoms with E-state index in [0.717, 1.165) is 22.5 Å². The summed E-state index contributed by atoms with van der Waals surface area (Å²) in [5.74, 6) is 0.441. The highest BCUT2D eigenvalue weighted by atomic mass is 35.5. The average Bonchev–Trinajstić information content (AvgIpc) is 3.05. The number of carbonyl (C=O) groups excluding carboxylic acids is 1. The predicted molar refractivity (Wildman–Crippen MR) is 112 cm³/mol. The van der Waals surface area contributed by atoms with E-state index in [1.165, 1.54) is 6.08 Å². The van der Waals surface area contributed by atoms with Crippen LogP contribution in [0.1, 0.15) is 11.3 Å². The third kappa shape index (κ3) is 3.80. The number of nitrogens with one attached hydrogen (secondary N) is 1. The predicted octanol–water partition coefficient (Wildman–Crippen LogP) is 5.01. The molecule has 2 aromatic heterocycles. The molecule has 0 bridgehead atoms. The van der Waals surface area contributed by atoms with E-state index in [-0.39, 0.29) is 5.91 Å². The number of aromatic nitrogens is 3. The van der Waals surface area contributed by atoms with E-state index in [4.69, 9.17) is 11.6 Å². The van der Waals surface area contributed by atoms with Gasteiger partial charge >= 0.3 is 0 Å². The Morgan fingerprint density at radius 2 is 1.96 bits per heavy atom. The molecule has 5 nitrogen and oxygen atoms in total. The number of halogens is 1. The Morgan fingerprint density at radius 1 is 1.14 bits per heavy atom. The van der Waals surface area contributed by atoms with Crippen LogP contribution >= 0.6 is 11.6 Å². The summed E-state index contributed by atoms with van der Waals surface area (Å²) in [5, 5.41) is 3.55. The van der Waals surface area contributed by atoms with Crippen LogP contribution < -0.4 is 5.32 Å². The summed E-state index contributed by atoms with van der Waals surface area (Å²) < 4.78 is 1.94. The van der Waals surface area contributed by atoms with Gasteiger partial charge in [-0.2, -0.15) is 0 Å². The number of carbonyl (C=O) groups is 1. The molecular weight excluding hydrogens is 372 g/mol. The lowest BCUT2D eigenvalue weighted by atomic mass is 10.1. The van der Waals surface area contributed by atoms with Crippen LogP contribution in [0.3, 0.4) is 0 Å². The van der Waals surface area contributed by atoms with Gasteiger partial charge in [0, 0.05) is 40.4 Å². The zero-order valence-electron chi connectivity index (χ0n) is 15.1. The van der Waals surface area contributed by atoms with Gasteiger partial charge in [-0.15, -0.1) is 0 Å². The van der Waals surface area contributed by atoms with Crippen molar-refractivity contribution >= 4 is 35.0 Å². The highest BCUT2D eigenvalue weighted by Gasteiger charge is 2.11. The molecule has 28 heavy (non-hydrogen) atoms. The molecule has 0 aliphatic rings. The summed E-state index contributed by atoms with van der Waals surface area (Å²) in [6, 6.07) is 16.8. The van der Waals surface area contributed by atoms with Gasteiger partial charge in [-0.1, -0.05) is 35.9 Å². The Labute approximate surface area is 167 Å². The highest BCUT2D eigenvalue weighted by Crippen LogP contribution is 2.25. The Bertz CT molecular complexity index is 1180. The smallest absolute Gasteiger partial charge is 0.248 e. The van der Waals surface area contributed by atoms with E-state index in [2.05, 4.69) is 15.3 Å². The molecular formula is C22H17ClN4O. The van der Waals surface area contributed by atoms with Crippen LogP contribution in [-0.4, -0.2) is 20.3 Å². The van der Waals surface area contributed by atoms with Gasteiger partial charge < -0.3 is 5.32 Å². The van der Waals surface area contributed by atoms with Crippen molar-refractivity contribution in [2.45, 2.75) is 6.92 Å². The maximum absolute atomic E-state index is 12.3. The van der Waals surface area contributed by atoms with E-state index < -0.39 is 0 Å². The quantitative estimate of drug-likeness (QED) is 0.500. The minimum absolute atomic E-state index is 0.208. The Morgan fingerprint density at radius 3 is 2.75 bits per heavy atom. The minimum Gasteiger partial charge on any atom is -0.322 e. The first kappa shape index (κ1) is 17.9. The number of hydrogen-bond donors (Lipinski definition) is 1. The summed E-state index contributed by atoms with van der Waals surface area (Å²) in [6.45, 7) is 2.00. The van der Waals surface area contributed by atoms with Gasteiger partial charge in [0.2, 0.25) is 11.7 Å². The first-order chi connectivity index (χ1) is 13.6. The second-order valence-electron chi connectivity index (χ2n) is 6.29. The van der Waals surface area contributed by atoms with Gasteiger partial charge in [0.05, 0.1) is 5.69 Å². The number of anilines is 1. The van der Waals surface area contributed by atoms with E-state index in [9.17, 15) is 4.79 Å². The molecule has 0 unspecified atom stereocenters. The van der Waals surface area contributed by atoms with E-state index in [0.29, 0.717) is 16.5 Å². The van der Waals surface area contributed by atoms with E-state index >= 15 is 0 Å². The lowest BCUT2D eigenvalue weighted by molar-refractivity contribution is -0.111. The van der Waals surface area contributed by atoms with E-state index in [1.54, 1.807) is 24.4 Å². The second-order valence-corrected chi connectivity index (χ2v) is 6.73. The summed E-state index contributed by atoms with van der Waals surface area (Å²) in [5.41, 5.74) is 4.36. The first-order valence-corrected chi connectivity index (χ1v) is 9.13. The van der Waals surface area contributed by atoms with Crippen molar-refractivity contribution < 1.29 is 4.79 Å². The number of amides is 1. The third-order valence-electron chi connectivity index (χ3n) is 4.34. The zero-order valence-corrected chi connectivity index (χ0v) is 15.9. The van der Waals surface area contributed by atoms with Crippen LogP contribution in [0, 0.1) is 6.92 Å². The average molecular weight is 389 g/mol. The standard InChI is InChI=1S/C22H17ClN4O/c1-15-21(26-22-24-12-3-13-27(15)22)17-4-2-5-19(14-17)25-20(28)11-8-16-6-9-18(23)10-7-16/h2-14H,1H3,(H,25,28)/b11-8+. The highest BCUT2D eigenvalue weighted by molar-refractivity contribution is 6.30. The van der Waals surface area contributed by atoms with Crippen molar-refractivity contribution in [2.75, 3.05) is 5.32 Å². The molecule has 2 heterocycles. The fourth-order valence-electron chi connectivity index (χ4n) is 2.95. The lowest BCUT2D eigenvalue weighted by Gasteiger charge is -2.05. The maximum atomic E-state index is 12.3. The Hall–Kier alpha value is -3.44. The fourth-order valence-corrected chi connectivity index (χ4v) is 3.08. The molecule has 0 saturated heterocycles. The summed E-state index contributed by atoms with van der Waals surface area (Å²) >= 11 is 5.87. The number of hydrogen-bond acceptors (Lipinski definition) is 3. The normalized spacial score (nSPS) is 11.2. The summed E-state index contributed by atoms with van der Waals surface area (Å²) in [7, 11) is 0. The fraction of sp³-hybridized carbons (Fsp3) is 0.0455. The molecule has 1 amide bonds. The number of aryl methyl sites for hydroxylation is 1. The van der Waals surface area contributed by atoms with Gasteiger partial charge in [0.1, 0.15) is 0 Å². The monoisotopic (exact) mass is 388 g/mol.